The van der Waals surface area contributed by atoms with E-state index in [-0.39, 0.29) is 36.2 Å². The third-order valence-electron chi connectivity index (χ3n) is 3.35. The van der Waals surface area contributed by atoms with Crippen LogP contribution in [0.3, 0.4) is 0 Å². The van der Waals surface area contributed by atoms with Gasteiger partial charge in [0.2, 0.25) is 11.8 Å². The molecule has 0 radical (unpaired) electrons. The molecular weight excluding hydrogens is 278 g/mol. The maximum Gasteiger partial charge on any atom is 0.223 e. The number of hydrogen-bond donors (Lipinski definition) is 3. The summed E-state index contributed by atoms with van der Waals surface area (Å²) in [5.74, 6) is 0.170. The van der Waals surface area contributed by atoms with E-state index in [1.54, 1.807) is 0 Å². The van der Waals surface area contributed by atoms with Gasteiger partial charge in [-0.15, -0.1) is 12.4 Å². The van der Waals surface area contributed by atoms with Gasteiger partial charge in [0.15, 0.2) is 0 Å². The van der Waals surface area contributed by atoms with Gasteiger partial charge in [0.25, 0.3) is 0 Å². The van der Waals surface area contributed by atoms with Crippen molar-refractivity contribution in [2.24, 2.45) is 11.7 Å². The average molecular weight is 306 g/mol. The Bertz CT molecular complexity index is 323. The van der Waals surface area contributed by atoms with Crippen molar-refractivity contribution in [1.29, 1.82) is 0 Å². The van der Waals surface area contributed by atoms with Crippen molar-refractivity contribution in [3.05, 3.63) is 0 Å². The summed E-state index contributed by atoms with van der Waals surface area (Å²) in [5.41, 5.74) is 5.38. The zero-order valence-electron chi connectivity index (χ0n) is 12.7. The first-order chi connectivity index (χ1) is 8.78. The molecule has 0 heterocycles. The van der Waals surface area contributed by atoms with Crippen LogP contribution >= 0.6 is 12.4 Å². The van der Waals surface area contributed by atoms with Gasteiger partial charge in [-0.2, -0.15) is 0 Å². The van der Waals surface area contributed by atoms with Gasteiger partial charge in [-0.1, -0.05) is 12.8 Å². The van der Waals surface area contributed by atoms with E-state index in [2.05, 4.69) is 10.6 Å². The lowest BCUT2D eigenvalue weighted by molar-refractivity contribution is -0.126. The molecule has 0 saturated heterocycles. The minimum Gasteiger partial charge on any atom is -0.354 e. The lowest BCUT2D eigenvalue weighted by Crippen LogP contribution is -2.46. The van der Waals surface area contributed by atoms with Crippen LogP contribution < -0.4 is 16.4 Å². The normalized spacial score (nSPS) is 17.2. The molecule has 5 nitrogen and oxygen atoms in total. The Morgan fingerprint density at radius 2 is 1.85 bits per heavy atom. The number of hydrogen-bond acceptors (Lipinski definition) is 3. The number of amides is 2. The minimum absolute atomic E-state index is 0. The Kier molecular flexibility index (Phi) is 8.13. The van der Waals surface area contributed by atoms with Crippen molar-refractivity contribution < 1.29 is 9.59 Å². The highest BCUT2D eigenvalue weighted by atomic mass is 35.5. The first kappa shape index (κ1) is 19.2. The van der Waals surface area contributed by atoms with Gasteiger partial charge in [0.05, 0.1) is 0 Å². The molecule has 0 bridgehead atoms. The first-order valence-corrected chi connectivity index (χ1v) is 7.14. The molecule has 0 aromatic carbocycles. The fourth-order valence-corrected chi connectivity index (χ4v) is 2.28. The Labute approximate surface area is 127 Å². The first-order valence-electron chi connectivity index (χ1n) is 7.14. The molecule has 1 aliphatic carbocycles. The quantitative estimate of drug-likeness (QED) is 0.692. The van der Waals surface area contributed by atoms with Gasteiger partial charge in [0.1, 0.15) is 0 Å². The predicted octanol–water partition coefficient (Wildman–Crippen LogP) is 1.35. The minimum atomic E-state index is -0.411. The summed E-state index contributed by atoms with van der Waals surface area (Å²) in [6.45, 7) is 6.02. The number of nitrogens with two attached hydrogens (primary N) is 1. The predicted molar refractivity (Wildman–Crippen MR) is 82.7 cm³/mol. The van der Waals surface area contributed by atoms with Gasteiger partial charge in [-0.3, -0.25) is 9.59 Å². The Morgan fingerprint density at radius 1 is 1.30 bits per heavy atom. The summed E-state index contributed by atoms with van der Waals surface area (Å²) >= 11 is 0. The Morgan fingerprint density at radius 3 is 2.35 bits per heavy atom. The van der Waals surface area contributed by atoms with Gasteiger partial charge in [-0.05, 0) is 33.6 Å². The monoisotopic (exact) mass is 305 g/mol. The fourth-order valence-electron chi connectivity index (χ4n) is 2.28. The summed E-state index contributed by atoms with van der Waals surface area (Å²) < 4.78 is 0. The van der Waals surface area contributed by atoms with Gasteiger partial charge < -0.3 is 16.4 Å². The third kappa shape index (κ3) is 7.70. The molecule has 1 unspecified atom stereocenters. The van der Waals surface area contributed by atoms with Crippen molar-refractivity contribution in [3.63, 3.8) is 0 Å². The van der Waals surface area contributed by atoms with E-state index in [0.717, 1.165) is 25.7 Å². The summed E-state index contributed by atoms with van der Waals surface area (Å²) in [6.07, 6.45) is 4.53. The number of halogens is 1. The van der Waals surface area contributed by atoms with Crippen LogP contribution in [0.2, 0.25) is 0 Å². The van der Waals surface area contributed by atoms with Crippen molar-refractivity contribution in [2.45, 2.75) is 64.5 Å². The maximum atomic E-state index is 11.9. The molecular formula is C14H28ClN3O2. The van der Waals surface area contributed by atoms with Crippen LogP contribution in [0.25, 0.3) is 0 Å². The molecule has 2 amide bonds. The van der Waals surface area contributed by atoms with Gasteiger partial charge in [-0.25, -0.2) is 0 Å². The van der Waals surface area contributed by atoms with Crippen LogP contribution in [0, 0.1) is 5.92 Å². The van der Waals surface area contributed by atoms with E-state index < -0.39 is 5.54 Å². The smallest absolute Gasteiger partial charge is 0.223 e. The lowest BCUT2D eigenvalue weighted by Gasteiger charge is -2.20. The zero-order valence-corrected chi connectivity index (χ0v) is 13.5. The molecule has 20 heavy (non-hydrogen) atoms. The molecule has 6 heteroatoms. The number of carbonyl (C=O) groups is 2. The highest BCUT2D eigenvalue weighted by Gasteiger charge is 2.24. The summed E-state index contributed by atoms with van der Waals surface area (Å²) in [5, 5.41) is 5.70. The second kappa shape index (κ2) is 8.47. The summed E-state index contributed by atoms with van der Waals surface area (Å²) in [7, 11) is 0. The highest BCUT2D eigenvalue weighted by molar-refractivity contribution is 5.85. The van der Waals surface area contributed by atoms with Crippen molar-refractivity contribution in [1.82, 2.24) is 10.6 Å². The molecule has 0 spiro atoms. The van der Waals surface area contributed by atoms with Crippen LogP contribution in [0.4, 0.5) is 0 Å². The van der Waals surface area contributed by atoms with E-state index in [1.807, 2.05) is 20.8 Å². The number of rotatable bonds is 6. The molecule has 0 aromatic heterocycles. The summed E-state index contributed by atoms with van der Waals surface area (Å²) in [4.78, 5) is 23.6. The van der Waals surface area contributed by atoms with Crippen LogP contribution in [0.15, 0.2) is 0 Å². The molecule has 1 atom stereocenters. The Balaban J connectivity index is 0.00000361. The molecule has 4 N–H and O–H groups in total. The molecule has 1 rings (SSSR count). The van der Waals surface area contributed by atoms with Crippen molar-refractivity contribution in [3.8, 4) is 0 Å². The molecule has 0 aromatic rings. The largest absolute Gasteiger partial charge is 0.354 e. The molecule has 1 saturated carbocycles. The van der Waals surface area contributed by atoms with Gasteiger partial charge >= 0.3 is 0 Å². The number of nitrogens with one attached hydrogen (secondary N) is 2. The Hall–Kier alpha value is -0.810. The maximum absolute atomic E-state index is 11.9. The summed E-state index contributed by atoms with van der Waals surface area (Å²) in [6, 6.07) is -0.131. The number of carbonyl (C=O) groups excluding carboxylic acids is 2. The second-order valence-electron chi connectivity index (χ2n) is 6.36. The molecule has 1 fully saturated rings. The van der Waals surface area contributed by atoms with E-state index in [1.165, 1.54) is 0 Å². The van der Waals surface area contributed by atoms with Crippen molar-refractivity contribution in [2.75, 3.05) is 6.54 Å². The van der Waals surface area contributed by atoms with E-state index in [9.17, 15) is 9.59 Å². The zero-order chi connectivity index (χ0) is 14.5. The third-order valence-corrected chi connectivity index (χ3v) is 3.35. The van der Waals surface area contributed by atoms with Crippen LogP contribution in [-0.2, 0) is 9.59 Å². The van der Waals surface area contributed by atoms with Crippen LogP contribution in [0.5, 0.6) is 0 Å². The van der Waals surface area contributed by atoms with Crippen LogP contribution in [0.1, 0.15) is 52.9 Å². The van der Waals surface area contributed by atoms with E-state index in [4.69, 9.17) is 5.73 Å². The van der Waals surface area contributed by atoms with Gasteiger partial charge in [0, 0.05) is 30.5 Å². The molecule has 1 aliphatic rings. The highest BCUT2D eigenvalue weighted by Crippen LogP contribution is 2.24. The standard InChI is InChI=1S/C14H27N3O2.ClH/c1-10(8-12(18)16-9-14(2,3)15)17-13(19)11-6-4-5-7-11;/h10-11H,4-9,15H2,1-3H3,(H,16,18)(H,17,19);1H. The fraction of sp³-hybridized carbons (Fsp3) is 0.857. The average Bonchev–Trinajstić information content (AvgIpc) is 2.78. The molecule has 0 aliphatic heterocycles. The second-order valence-corrected chi connectivity index (χ2v) is 6.36. The molecule has 118 valence electrons. The topological polar surface area (TPSA) is 84.2 Å². The SMILES string of the molecule is CC(CC(=O)NCC(C)(C)N)NC(=O)C1CCCC1.Cl. The lowest BCUT2D eigenvalue weighted by atomic mass is 10.1. The van der Waals surface area contributed by atoms with Crippen molar-refractivity contribution >= 4 is 24.2 Å². The van der Waals surface area contributed by atoms with E-state index >= 15 is 0 Å². The van der Waals surface area contributed by atoms with E-state index in [0.29, 0.717) is 13.0 Å². The van der Waals surface area contributed by atoms with Crippen LogP contribution in [-0.4, -0.2) is 29.9 Å².